The zero-order chi connectivity index (χ0) is 19.1. The van der Waals surface area contributed by atoms with Crippen LogP contribution in [0.25, 0.3) is 10.8 Å². The zero-order valence-corrected chi connectivity index (χ0v) is 15.6. The third kappa shape index (κ3) is 5.18. The van der Waals surface area contributed by atoms with E-state index >= 15 is 0 Å². The van der Waals surface area contributed by atoms with Crippen LogP contribution in [0.2, 0.25) is 0 Å². The van der Waals surface area contributed by atoms with Crippen LogP contribution in [-0.4, -0.2) is 39.9 Å². The van der Waals surface area contributed by atoms with Crippen LogP contribution >= 0.6 is 11.3 Å². The third-order valence-corrected chi connectivity index (χ3v) is 4.85. The van der Waals surface area contributed by atoms with Gasteiger partial charge < -0.3 is 10.6 Å². The summed E-state index contributed by atoms with van der Waals surface area (Å²) in [5.41, 5.74) is 1.59. The summed E-state index contributed by atoms with van der Waals surface area (Å²) in [4.78, 5) is 37.4. The molecule has 0 saturated heterocycles. The standard InChI is InChI=1S/C19H19N5O2S/c1-13-16(27-19(24-13)17-21-8-5-9-22-17)18(26)23-11-10-20-15(25)12-14-6-3-2-4-7-14/h2-9H,10-12H2,1H3,(H,20,25)(H,23,26). The van der Waals surface area contributed by atoms with Crippen molar-refractivity contribution in [2.45, 2.75) is 13.3 Å². The molecule has 2 aromatic heterocycles. The Bertz CT molecular complexity index is 912. The van der Waals surface area contributed by atoms with Gasteiger partial charge in [0.15, 0.2) is 10.8 Å². The molecule has 2 amide bonds. The number of nitrogens with zero attached hydrogens (tertiary/aromatic N) is 3. The fourth-order valence-corrected chi connectivity index (χ4v) is 3.35. The number of aromatic nitrogens is 3. The summed E-state index contributed by atoms with van der Waals surface area (Å²) in [6.45, 7) is 2.48. The molecule has 27 heavy (non-hydrogen) atoms. The molecule has 0 aliphatic heterocycles. The number of carbonyl (C=O) groups excluding carboxylic acids is 2. The summed E-state index contributed by atoms with van der Waals surface area (Å²) in [7, 11) is 0. The third-order valence-electron chi connectivity index (χ3n) is 3.70. The van der Waals surface area contributed by atoms with Gasteiger partial charge in [0.25, 0.3) is 5.91 Å². The first-order valence-corrected chi connectivity index (χ1v) is 9.29. The van der Waals surface area contributed by atoms with Crippen molar-refractivity contribution in [2.75, 3.05) is 13.1 Å². The van der Waals surface area contributed by atoms with E-state index in [-0.39, 0.29) is 11.8 Å². The predicted octanol–water partition coefficient (Wildman–Crippen LogP) is 2.00. The second kappa shape index (κ2) is 9.00. The average Bonchev–Trinajstić information content (AvgIpc) is 3.08. The van der Waals surface area contributed by atoms with E-state index in [1.54, 1.807) is 25.4 Å². The van der Waals surface area contributed by atoms with Crippen molar-refractivity contribution in [3.63, 3.8) is 0 Å². The molecule has 0 spiro atoms. The monoisotopic (exact) mass is 381 g/mol. The normalized spacial score (nSPS) is 10.4. The highest BCUT2D eigenvalue weighted by Gasteiger charge is 2.17. The van der Waals surface area contributed by atoms with Gasteiger partial charge in [-0.2, -0.15) is 0 Å². The molecule has 0 fully saturated rings. The first-order chi connectivity index (χ1) is 13.1. The molecular formula is C19H19N5O2S. The molecule has 0 atom stereocenters. The molecule has 0 bridgehead atoms. The number of aryl methyl sites for hydroxylation is 1. The van der Waals surface area contributed by atoms with E-state index in [4.69, 9.17) is 0 Å². The highest BCUT2D eigenvalue weighted by Crippen LogP contribution is 2.24. The molecule has 3 rings (SSSR count). The Morgan fingerprint density at radius 3 is 2.44 bits per heavy atom. The van der Waals surface area contributed by atoms with Crippen molar-refractivity contribution in [3.05, 3.63) is 64.9 Å². The molecule has 0 aliphatic rings. The minimum atomic E-state index is -0.218. The second-order valence-corrected chi connectivity index (χ2v) is 6.77. The van der Waals surface area contributed by atoms with Gasteiger partial charge >= 0.3 is 0 Å². The summed E-state index contributed by atoms with van der Waals surface area (Å²) in [5, 5.41) is 6.20. The van der Waals surface area contributed by atoms with E-state index in [0.717, 1.165) is 5.56 Å². The Kier molecular flexibility index (Phi) is 6.22. The molecule has 8 heteroatoms. The first kappa shape index (κ1) is 18.7. The summed E-state index contributed by atoms with van der Waals surface area (Å²) >= 11 is 1.25. The Hall–Kier alpha value is -3.13. The number of thiazole rings is 1. The van der Waals surface area contributed by atoms with Gasteiger partial charge in [0.1, 0.15) is 4.88 Å². The lowest BCUT2D eigenvalue weighted by Crippen LogP contribution is -2.35. The van der Waals surface area contributed by atoms with E-state index < -0.39 is 0 Å². The van der Waals surface area contributed by atoms with Crippen molar-refractivity contribution < 1.29 is 9.59 Å². The zero-order valence-electron chi connectivity index (χ0n) is 14.8. The van der Waals surface area contributed by atoms with Crippen molar-refractivity contribution >= 4 is 23.2 Å². The van der Waals surface area contributed by atoms with Crippen LogP contribution in [0, 0.1) is 6.92 Å². The van der Waals surface area contributed by atoms with E-state index in [2.05, 4.69) is 25.6 Å². The molecule has 0 saturated carbocycles. The van der Waals surface area contributed by atoms with Crippen LogP contribution in [-0.2, 0) is 11.2 Å². The maximum atomic E-state index is 12.4. The van der Waals surface area contributed by atoms with Crippen molar-refractivity contribution in [1.82, 2.24) is 25.6 Å². The van der Waals surface area contributed by atoms with E-state index in [9.17, 15) is 9.59 Å². The molecule has 3 aromatic rings. The number of carbonyl (C=O) groups is 2. The Morgan fingerprint density at radius 1 is 1.00 bits per heavy atom. The highest BCUT2D eigenvalue weighted by molar-refractivity contribution is 7.17. The fourth-order valence-electron chi connectivity index (χ4n) is 2.41. The van der Waals surface area contributed by atoms with Gasteiger partial charge in [-0.1, -0.05) is 30.3 Å². The SMILES string of the molecule is Cc1nc(-c2ncccn2)sc1C(=O)NCCNC(=O)Cc1ccccc1. The van der Waals surface area contributed by atoms with E-state index in [1.807, 2.05) is 30.3 Å². The fraction of sp³-hybridized carbons (Fsp3) is 0.211. The molecule has 0 radical (unpaired) electrons. The van der Waals surface area contributed by atoms with Gasteiger partial charge in [-0.05, 0) is 18.6 Å². The van der Waals surface area contributed by atoms with Crippen LogP contribution in [0.5, 0.6) is 0 Å². The molecule has 2 heterocycles. The summed E-state index contributed by atoms with van der Waals surface area (Å²) in [6.07, 6.45) is 3.59. The van der Waals surface area contributed by atoms with Gasteiger partial charge in [-0.15, -0.1) is 11.3 Å². The highest BCUT2D eigenvalue weighted by atomic mass is 32.1. The number of benzene rings is 1. The lowest BCUT2D eigenvalue weighted by Gasteiger charge is -2.06. The van der Waals surface area contributed by atoms with Crippen LogP contribution in [0.15, 0.2) is 48.8 Å². The minimum Gasteiger partial charge on any atom is -0.354 e. The van der Waals surface area contributed by atoms with Gasteiger partial charge in [0.05, 0.1) is 12.1 Å². The van der Waals surface area contributed by atoms with Crippen molar-refractivity contribution in [2.24, 2.45) is 0 Å². The Balaban J connectivity index is 1.47. The second-order valence-electron chi connectivity index (χ2n) is 5.77. The maximum Gasteiger partial charge on any atom is 0.263 e. The van der Waals surface area contributed by atoms with Gasteiger partial charge in [0.2, 0.25) is 5.91 Å². The lowest BCUT2D eigenvalue weighted by molar-refractivity contribution is -0.120. The molecular weight excluding hydrogens is 362 g/mol. The summed E-state index contributed by atoms with van der Waals surface area (Å²) < 4.78 is 0. The minimum absolute atomic E-state index is 0.0760. The predicted molar refractivity (Wildman–Crippen MR) is 103 cm³/mol. The number of hydrogen-bond acceptors (Lipinski definition) is 6. The smallest absolute Gasteiger partial charge is 0.263 e. The number of nitrogens with one attached hydrogen (secondary N) is 2. The molecule has 1 aromatic carbocycles. The summed E-state index contributed by atoms with van der Waals surface area (Å²) in [5.74, 6) is 0.204. The van der Waals surface area contributed by atoms with Crippen LogP contribution in [0.1, 0.15) is 20.9 Å². The van der Waals surface area contributed by atoms with Crippen LogP contribution in [0.4, 0.5) is 0 Å². The van der Waals surface area contributed by atoms with E-state index in [0.29, 0.717) is 40.9 Å². The van der Waals surface area contributed by atoms with Crippen LogP contribution < -0.4 is 10.6 Å². The Morgan fingerprint density at radius 2 is 1.70 bits per heavy atom. The molecule has 0 aliphatic carbocycles. The summed E-state index contributed by atoms with van der Waals surface area (Å²) in [6, 6.07) is 11.2. The van der Waals surface area contributed by atoms with Gasteiger partial charge in [-0.3, -0.25) is 9.59 Å². The molecule has 2 N–H and O–H groups in total. The first-order valence-electron chi connectivity index (χ1n) is 8.47. The largest absolute Gasteiger partial charge is 0.354 e. The number of hydrogen-bond donors (Lipinski definition) is 2. The molecule has 7 nitrogen and oxygen atoms in total. The molecule has 0 unspecified atom stereocenters. The quantitative estimate of drug-likeness (QED) is 0.610. The maximum absolute atomic E-state index is 12.4. The lowest BCUT2D eigenvalue weighted by atomic mass is 10.1. The number of rotatable bonds is 7. The van der Waals surface area contributed by atoms with Gasteiger partial charge in [-0.25, -0.2) is 15.0 Å². The molecule has 138 valence electrons. The average molecular weight is 381 g/mol. The van der Waals surface area contributed by atoms with Crippen LogP contribution in [0.3, 0.4) is 0 Å². The topological polar surface area (TPSA) is 96.9 Å². The van der Waals surface area contributed by atoms with Crippen molar-refractivity contribution in [3.8, 4) is 10.8 Å². The van der Waals surface area contributed by atoms with Crippen molar-refractivity contribution in [1.29, 1.82) is 0 Å². The van der Waals surface area contributed by atoms with Gasteiger partial charge in [0, 0.05) is 25.5 Å². The van der Waals surface area contributed by atoms with E-state index in [1.165, 1.54) is 11.3 Å². The Labute approximate surface area is 160 Å². The number of amides is 2.